The van der Waals surface area contributed by atoms with E-state index in [1.165, 1.54) is 0 Å². The van der Waals surface area contributed by atoms with Crippen molar-refractivity contribution in [3.63, 3.8) is 0 Å². The molecule has 0 aliphatic heterocycles. The Morgan fingerprint density at radius 1 is 0.478 bits per heavy atom. The predicted molar refractivity (Wildman–Crippen MR) is 93.7 cm³/mol. The first kappa shape index (κ1) is 15.2. The third kappa shape index (κ3) is 3.37. The molecule has 0 aromatic heterocycles. The van der Waals surface area contributed by atoms with Crippen molar-refractivity contribution in [1.82, 2.24) is 0 Å². The van der Waals surface area contributed by atoms with Crippen LogP contribution in [0.3, 0.4) is 0 Å². The van der Waals surface area contributed by atoms with E-state index in [-0.39, 0.29) is 0 Å². The van der Waals surface area contributed by atoms with Crippen molar-refractivity contribution >= 4 is 0 Å². The minimum absolute atomic E-state index is 0.811. The molecule has 3 rings (SSSR count). The molecular formula is C21H20O2. The maximum absolute atomic E-state index is 6.07. The zero-order valence-corrected chi connectivity index (χ0v) is 13.7. The van der Waals surface area contributed by atoms with E-state index in [0.717, 1.165) is 39.7 Å². The Morgan fingerprint density at radius 2 is 0.870 bits per heavy atom. The van der Waals surface area contributed by atoms with E-state index in [1.807, 2.05) is 87.5 Å². The Morgan fingerprint density at radius 3 is 1.30 bits per heavy atom. The third-order valence-electron chi connectivity index (χ3n) is 3.86. The summed E-state index contributed by atoms with van der Waals surface area (Å²) in [7, 11) is 0. The van der Waals surface area contributed by atoms with Gasteiger partial charge in [-0.05, 0) is 56.2 Å². The number of rotatable bonds is 4. The lowest BCUT2D eigenvalue weighted by Gasteiger charge is -2.15. The van der Waals surface area contributed by atoms with Crippen LogP contribution in [0.5, 0.6) is 23.0 Å². The van der Waals surface area contributed by atoms with Gasteiger partial charge < -0.3 is 9.47 Å². The summed E-state index contributed by atoms with van der Waals surface area (Å²) in [5.41, 5.74) is 3.20. The second-order valence-electron chi connectivity index (χ2n) is 5.61. The first-order valence-corrected chi connectivity index (χ1v) is 7.72. The van der Waals surface area contributed by atoms with Gasteiger partial charge in [-0.2, -0.15) is 0 Å². The van der Waals surface area contributed by atoms with Crippen molar-refractivity contribution in [2.24, 2.45) is 0 Å². The molecule has 0 saturated heterocycles. The lowest BCUT2D eigenvalue weighted by molar-refractivity contribution is 0.450. The molecule has 3 aromatic rings. The highest BCUT2D eigenvalue weighted by molar-refractivity contribution is 5.49. The molecule has 0 amide bonds. The predicted octanol–water partition coefficient (Wildman–Crippen LogP) is 6.20. The van der Waals surface area contributed by atoms with Crippen molar-refractivity contribution < 1.29 is 9.47 Å². The third-order valence-corrected chi connectivity index (χ3v) is 3.86. The maximum atomic E-state index is 6.07. The first-order chi connectivity index (χ1) is 11.1. The Hall–Kier alpha value is -2.74. The smallest absolute Gasteiger partial charge is 0.134 e. The Kier molecular flexibility index (Phi) is 4.33. The number of benzene rings is 3. The average molecular weight is 304 g/mol. The molecule has 0 fully saturated rings. The van der Waals surface area contributed by atoms with Crippen molar-refractivity contribution in [2.45, 2.75) is 20.8 Å². The molecule has 0 aliphatic rings. The van der Waals surface area contributed by atoms with Gasteiger partial charge in [-0.1, -0.05) is 42.5 Å². The zero-order valence-electron chi connectivity index (χ0n) is 13.7. The summed E-state index contributed by atoms with van der Waals surface area (Å²) in [5, 5.41) is 0. The summed E-state index contributed by atoms with van der Waals surface area (Å²) in [4.78, 5) is 0. The van der Waals surface area contributed by atoms with Crippen LogP contribution in [0.4, 0.5) is 0 Å². The zero-order chi connectivity index (χ0) is 16.2. The summed E-state index contributed by atoms with van der Waals surface area (Å²) < 4.78 is 12.1. The number of aryl methyl sites for hydroxylation is 2. The molecule has 0 unspecified atom stereocenters. The van der Waals surface area contributed by atoms with E-state index in [0.29, 0.717) is 0 Å². The van der Waals surface area contributed by atoms with Gasteiger partial charge in [0.2, 0.25) is 0 Å². The quantitative estimate of drug-likeness (QED) is 0.571. The van der Waals surface area contributed by atoms with E-state index < -0.39 is 0 Å². The van der Waals surface area contributed by atoms with Crippen molar-refractivity contribution in [1.29, 1.82) is 0 Å². The molecule has 0 heterocycles. The highest BCUT2D eigenvalue weighted by Gasteiger charge is 2.10. The molecule has 0 N–H and O–H groups in total. The number of hydrogen-bond acceptors (Lipinski definition) is 2. The minimum atomic E-state index is 0.811. The minimum Gasteiger partial charge on any atom is -0.457 e. The molecule has 2 heteroatoms. The lowest BCUT2D eigenvalue weighted by Crippen LogP contribution is -1.94. The molecule has 2 nitrogen and oxygen atoms in total. The van der Waals surface area contributed by atoms with Crippen LogP contribution < -0.4 is 9.47 Å². The number of ether oxygens (including phenoxy) is 2. The maximum Gasteiger partial charge on any atom is 0.134 e. The van der Waals surface area contributed by atoms with Gasteiger partial charge in [0, 0.05) is 5.56 Å². The van der Waals surface area contributed by atoms with Gasteiger partial charge in [-0.25, -0.2) is 0 Å². The van der Waals surface area contributed by atoms with Crippen LogP contribution in [0.15, 0.2) is 66.7 Å². The second kappa shape index (κ2) is 6.57. The van der Waals surface area contributed by atoms with Crippen molar-refractivity contribution in [2.75, 3.05) is 0 Å². The van der Waals surface area contributed by atoms with E-state index in [1.54, 1.807) is 0 Å². The van der Waals surface area contributed by atoms with Crippen LogP contribution in [0.1, 0.15) is 16.7 Å². The van der Waals surface area contributed by atoms with E-state index in [4.69, 9.17) is 9.47 Å². The summed E-state index contributed by atoms with van der Waals surface area (Å²) in [6.07, 6.45) is 0. The second-order valence-corrected chi connectivity index (χ2v) is 5.61. The molecule has 0 aliphatic carbocycles. The van der Waals surface area contributed by atoms with Crippen molar-refractivity contribution in [3.05, 3.63) is 83.4 Å². The summed E-state index contributed by atoms with van der Waals surface area (Å²) in [5.74, 6) is 3.35. The molecular weight excluding hydrogens is 284 g/mol. The van der Waals surface area contributed by atoms with Crippen LogP contribution in [-0.4, -0.2) is 0 Å². The Labute approximate surface area is 137 Å². The molecule has 3 aromatic carbocycles. The fourth-order valence-corrected chi connectivity index (χ4v) is 2.39. The molecule has 0 atom stereocenters. The van der Waals surface area contributed by atoms with Gasteiger partial charge in [-0.3, -0.25) is 0 Å². The van der Waals surface area contributed by atoms with Crippen LogP contribution in [-0.2, 0) is 0 Å². The highest BCUT2D eigenvalue weighted by Crippen LogP contribution is 2.35. The van der Waals surface area contributed by atoms with E-state index in [2.05, 4.69) is 0 Å². The largest absolute Gasteiger partial charge is 0.457 e. The summed E-state index contributed by atoms with van der Waals surface area (Å²) in [6, 6.07) is 21.9. The lowest BCUT2D eigenvalue weighted by atomic mass is 10.2. The van der Waals surface area contributed by atoms with Gasteiger partial charge in [-0.15, -0.1) is 0 Å². The first-order valence-electron chi connectivity index (χ1n) is 7.72. The van der Waals surface area contributed by atoms with Crippen LogP contribution in [0.2, 0.25) is 0 Å². The summed E-state index contributed by atoms with van der Waals surface area (Å²) in [6.45, 7) is 6.10. The Bertz CT molecular complexity index is 756. The number of hydrogen-bond donors (Lipinski definition) is 0. The number of para-hydroxylation sites is 2. The van der Waals surface area contributed by atoms with Gasteiger partial charge in [0.1, 0.15) is 23.0 Å². The fourth-order valence-electron chi connectivity index (χ4n) is 2.39. The molecule has 0 radical (unpaired) electrons. The molecule has 0 saturated carbocycles. The molecule has 116 valence electrons. The topological polar surface area (TPSA) is 18.5 Å². The van der Waals surface area contributed by atoms with Gasteiger partial charge in [0.15, 0.2) is 0 Å². The van der Waals surface area contributed by atoms with Crippen LogP contribution in [0.25, 0.3) is 0 Å². The normalized spacial score (nSPS) is 10.4. The molecule has 23 heavy (non-hydrogen) atoms. The SMILES string of the molecule is Cc1ccccc1Oc1cccc(Oc2ccccc2C)c1C. The van der Waals surface area contributed by atoms with Gasteiger partial charge >= 0.3 is 0 Å². The Balaban J connectivity index is 1.90. The van der Waals surface area contributed by atoms with Gasteiger partial charge in [0.05, 0.1) is 0 Å². The monoisotopic (exact) mass is 304 g/mol. The van der Waals surface area contributed by atoms with Crippen LogP contribution in [0, 0.1) is 20.8 Å². The van der Waals surface area contributed by atoms with E-state index >= 15 is 0 Å². The standard InChI is InChI=1S/C21H20O2/c1-15-9-4-6-11-18(15)22-20-13-8-14-21(17(20)3)23-19-12-7-5-10-16(19)2/h4-14H,1-3H3. The van der Waals surface area contributed by atoms with Gasteiger partial charge in [0.25, 0.3) is 0 Å². The fraction of sp³-hybridized carbons (Fsp3) is 0.143. The van der Waals surface area contributed by atoms with E-state index in [9.17, 15) is 0 Å². The molecule has 0 bridgehead atoms. The molecule has 0 spiro atoms. The highest BCUT2D eigenvalue weighted by atomic mass is 16.5. The van der Waals surface area contributed by atoms with Crippen molar-refractivity contribution in [3.8, 4) is 23.0 Å². The average Bonchev–Trinajstić information content (AvgIpc) is 2.55. The summed E-state index contributed by atoms with van der Waals surface area (Å²) >= 11 is 0. The van der Waals surface area contributed by atoms with Crippen LogP contribution >= 0.6 is 0 Å².